The third-order valence-electron chi connectivity index (χ3n) is 2.62. The molecule has 0 N–H and O–H groups in total. The number of rotatable bonds is 0. The molecular weight excluding hydrogens is 204 g/mol. The zero-order valence-electron chi connectivity index (χ0n) is 7.75. The summed E-state index contributed by atoms with van der Waals surface area (Å²) < 4.78 is 0. The van der Waals surface area contributed by atoms with Gasteiger partial charge in [-0.3, -0.25) is 0 Å². The van der Waals surface area contributed by atoms with E-state index in [1.54, 1.807) is 0 Å². The van der Waals surface area contributed by atoms with Crippen LogP contribution in [0.4, 0.5) is 0 Å². The number of fused-ring (bicyclic) bond motifs is 3. The Morgan fingerprint density at radius 2 is 1.71 bits per heavy atom. The fraction of sp³-hybridized carbons (Fsp3) is 0.0769. The summed E-state index contributed by atoms with van der Waals surface area (Å²) in [5, 5.41) is 0. The minimum Gasteiger partial charge on any atom is -0.179 e. The molecule has 0 nitrogen and oxygen atoms in total. The van der Waals surface area contributed by atoms with Crippen LogP contribution in [0.3, 0.4) is 0 Å². The van der Waals surface area contributed by atoms with Gasteiger partial charge in [-0.05, 0) is 6.42 Å². The van der Waals surface area contributed by atoms with E-state index >= 15 is 0 Å². The van der Waals surface area contributed by atoms with Crippen LogP contribution >= 0.6 is 0 Å². The van der Waals surface area contributed by atoms with Crippen molar-refractivity contribution < 1.29 is 21.7 Å². The van der Waals surface area contributed by atoms with Crippen LogP contribution in [-0.2, 0) is 28.1 Å². The smallest absolute Gasteiger partial charge is 0 e. The average Bonchev–Trinajstić information content (AvgIpc) is 2.56. The van der Waals surface area contributed by atoms with Gasteiger partial charge in [-0.25, -0.2) is 0 Å². The zero-order chi connectivity index (χ0) is 8.67. The van der Waals surface area contributed by atoms with Crippen LogP contribution in [-0.4, -0.2) is 0 Å². The van der Waals surface area contributed by atoms with Crippen molar-refractivity contribution in [2.45, 2.75) is 6.42 Å². The van der Waals surface area contributed by atoms with Crippen molar-refractivity contribution in [3.8, 4) is 11.1 Å². The maximum absolute atomic E-state index is 3.30. The molecule has 0 amide bonds. The molecule has 2 aromatic rings. The van der Waals surface area contributed by atoms with Crippen molar-refractivity contribution in [2.24, 2.45) is 0 Å². The average molecular weight is 213 g/mol. The molecule has 0 saturated heterocycles. The van der Waals surface area contributed by atoms with E-state index in [4.69, 9.17) is 0 Å². The van der Waals surface area contributed by atoms with Crippen molar-refractivity contribution in [3.05, 3.63) is 59.7 Å². The second-order valence-electron chi connectivity index (χ2n) is 3.40. The maximum Gasteiger partial charge on any atom is 0 e. The van der Waals surface area contributed by atoms with Gasteiger partial charge in [0.2, 0.25) is 0 Å². The van der Waals surface area contributed by atoms with Gasteiger partial charge in [0.1, 0.15) is 0 Å². The Labute approximate surface area is 98.9 Å². The molecule has 0 saturated carbocycles. The predicted octanol–water partition coefficient (Wildman–Crippen LogP) is 3.06. The van der Waals surface area contributed by atoms with Gasteiger partial charge < -0.3 is 0 Å². The zero-order valence-corrected chi connectivity index (χ0v) is 9.31. The number of hydrogen-bond donors (Lipinski definition) is 0. The molecule has 0 spiro atoms. The molecule has 0 heterocycles. The van der Waals surface area contributed by atoms with E-state index in [0.717, 1.165) is 6.42 Å². The molecule has 0 atom stereocenters. The SMILES string of the molecule is [Ti].[c-]1cccc2c1Cc1ccccc1-2. The quantitative estimate of drug-likeness (QED) is 0.397. The fourth-order valence-corrected chi connectivity index (χ4v) is 2.00. The normalized spacial score (nSPS) is 11.4. The monoisotopic (exact) mass is 213 g/mol. The Bertz CT molecular complexity index is 417. The van der Waals surface area contributed by atoms with Gasteiger partial charge >= 0.3 is 0 Å². The molecule has 0 bridgehead atoms. The third kappa shape index (κ3) is 1.35. The fourth-order valence-electron chi connectivity index (χ4n) is 2.00. The summed E-state index contributed by atoms with van der Waals surface area (Å²) in [6.07, 6.45) is 1.05. The predicted molar refractivity (Wildman–Crippen MR) is 53.5 cm³/mol. The van der Waals surface area contributed by atoms with Crippen LogP contribution in [0.15, 0.2) is 42.5 Å². The topological polar surface area (TPSA) is 0 Å². The molecule has 1 aliphatic carbocycles. The van der Waals surface area contributed by atoms with Crippen molar-refractivity contribution in [2.75, 3.05) is 0 Å². The van der Waals surface area contributed by atoms with Crippen LogP contribution in [0.2, 0.25) is 0 Å². The van der Waals surface area contributed by atoms with Gasteiger partial charge in [0.25, 0.3) is 0 Å². The Balaban J connectivity index is 0.000000750. The van der Waals surface area contributed by atoms with E-state index < -0.39 is 0 Å². The van der Waals surface area contributed by atoms with Gasteiger partial charge in [0.05, 0.1) is 0 Å². The first-order valence-electron chi connectivity index (χ1n) is 4.53. The van der Waals surface area contributed by atoms with Crippen molar-refractivity contribution in [1.82, 2.24) is 0 Å². The largest absolute Gasteiger partial charge is 0.179 e. The Morgan fingerprint density at radius 3 is 2.64 bits per heavy atom. The summed E-state index contributed by atoms with van der Waals surface area (Å²) in [7, 11) is 0. The molecule has 66 valence electrons. The first-order chi connectivity index (χ1) is 6.45. The van der Waals surface area contributed by atoms with Gasteiger partial charge in [-0.2, -0.15) is 29.8 Å². The minimum atomic E-state index is 0. The third-order valence-corrected chi connectivity index (χ3v) is 2.62. The Morgan fingerprint density at radius 1 is 0.929 bits per heavy atom. The van der Waals surface area contributed by atoms with Crippen LogP contribution in [0.5, 0.6) is 0 Å². The number of benzene rings is 2. The number of hydrogen-bond acceptors (Lipinski definition) is 0. The van der Waals surface area contributed by atoms with Crippen LogP contribution in [0, 0.1) is 6.07 Å². The molecule has 0 unspecified atom stereocenters. The van der Waals surface area contributed by atoms with Crippen molar-refractivity contribution in [1.29, 1.82) is 0 Å². The molecule has 3 rings (SSSR count). The molecule has 1 aliphatic rings. The summed E-state index contributed by atoms with van der Waals surface area (Å²) in [6.45, 7) is 0. The molecule has 0 radical (unpaired) electrons. The first kappa shape index (κ1) is 9.70. The van der Waals surface area contributed by atoms with E-state index in [-0.39, 0.29) is 21.7 Å². The summed E-state index contributed by atoms with van der Waals surface area (Å²) in [6, 6.07) is 18.1. The van der Waals surface area contributed by atoms with Crippen molar-refractivity contribution >= 4 is 0 Å². The Hall–Kier alpha value is -0.846. The summed E-state index contributed by atoms with van der Waals surface area (Å²) in [5.74, 6) is 0. The van der Waals surface area contributed by atoms with E-state index in [9.17, 15) is 0 Å². The van der Waals surface area contributed by atoms with Crippen LogP contribution in [0.25, 0.3) is 11.1 Å². The molecule has 0 aromatic heterocycles. The van der Waals surface area contributed by atoms with Crippen LogP contribution in [0.1, 0.15) is 11.1 Å². The maximum atomic E-state index is 3.30. The van der Waals surface area contributed by atoms with E-state index in [1.807, 2.05) is 6.07 Å². The summed E-state index contributed by atoms with van der Waals surface area (Å²) in [5.41, 5.74) is 5.51. The van der Waals surface area contributed by atoms with Gasteiger partial charge in [0.15, 0.2) is 0 Å². The first-order valence-corrected chi connectivity index (χ1v) is 4.53. The second-order valence-corrected chi connectivity index (χ2v) is 3.40. The molecule has 1 heteroatoms. The Kier molecular flexibility index (Phi) is 2.58. The molecular formula is C13H9Ti-. The molecule has 14 heavy (non-hydrogen) atoms. The van der Waals surface area contributed by atoms with Gasteiger partial charge in [-0.1, -0.05) is 35.4 Å². The van der Waals surface area contributed by atoms with E-state index in [2.05, 4.69) is 42.5 Å². The van der Waals surface area contributed by atoms with Crippen LogP contribution < -0.4 is 0 Å². The van der Waals surface area contributed by atoms with Gasteiger partial charge in [-0.15, -0.1) is 5.56 Å². The second kappa shape index (κ2) is 3.72. The molecule has 0 fully saturated rings. The standard InChI is InChI=1S/C13H9.Ti/c1-3-7-12-10(5-1)9-11-6-2-4-8-13(11)12;/h1-5,7-8H,9H2;/q-1;. The van der Waals surface area contributed by atoms with E-state index in [1.165, 1.54) is 22.3 Å². The minimum absolute atomic E-state index is 0. The van der Waals surface area contributed by atoms with E-state index in [0.29, 0.717) is 0 Å². The molecule has 2 aromatic carbocycles. The summed E-state index contributed by atoms with van der Waals surface area (Å²) in [4.78, 5) is 0. The summed E-state index contributed by atoms with van der Waals surface area (Å²) >= 11 is 0. The van der Waals surface area contributed by atoms with Crippen molar-refractivity contribution in [3.63, 3.8) is 0 Å². The molecule has 0 aliphatic heterocycles. The van der Waals surface area contributed by atoms with Gasteiger partial charge in [0, 0.05) is 21.7 Å².